The van der Waals surface area contributed by atoms with Gasteiger partial charge < -0.3 is 15.0 Å². The lowest BCUT2D eigenvalue weighted by atomic mass is 9.98. The molecule has 0 saturated carbocycles. The van der Waals surface area contributed by atoms with Crippen molar-refractivity contribution in [3.05, 3.63) is 18.5 Å². The van der Waals surface area contributed by atoms with Gasteiger partial charge in [0.05, 0.1) is 6.54 Å². The lowest BCUT2D eigenvalue weighted by Crippen LogP contribution is -2.44. The minimum atomic E-state index is -0.412. The molecule has 0 bridgehead atoms. The second kappa shape index (κ2) is 7.26. The molecule has 124 valence electrons. The summed E-state index contributed by atoms with van der Waals surface area (Å²) in [5.74, 6) is 0.960. The zero-order valence-corrected chi connectivity index (χ0v) is 13.0. The van der Waals surface area contributed by atoms with Crippen molar-refractivity contribution in [2.75, 3.05) is 44.2 Å². The van der Waals surface area contributed by atoms with Crippen LogP contribution < -0.4 is 10.2 Å². The third kappa shape index (κ3) is 4.08. The normalized spacial score (nSPS) is 21.2. The van der Waals surface area contributed by atoms with E-state index in [9.17, 15) is 9.59 Å². The Kier molecular flexibility index (Phi) is 4.89. The van der Waals surface area contributed by atoms with Crippen molar-refractivity contribution in [2.24, 2.45) is 5.92 Å². The van der Waals surface area contributed by atoms with E-state index in [1.165, 1.54) is 4.90 Å². The number of anilines is 1. The van der Waals surface area contributed by atoms with Crippen LogP contribution in [0.25, 0.3) is 0 Å². The molecule has 0 unspecified atom stereocenters. The summed E-state index contributed by atoms with van der Waals surface area (Å²) < 4.78 is 4.81. The minimum Gasteiger partial charge on any atom is -0.448 e. The van der Waals surface area contributed by atoms with E-state index in [1.807, 2.05) is 0 Å². The number of nitrogens with one attached hydrogen (secondary N) is 1. The quantitative estimate of drug-likeness (QED) is 0.838. The molecule has 3 heterocycles. The molecule has 8 nitrogen and oxygen atoms in total. The van der Waals surface area contributed by atoms with Crippen molar-refractivity contribution in [1.82, 2.24) is 20.2 Å². The first-order chi connectivity index (χ1) is 11.2. The first-order valence-corrected chi connectivity index (χ1v) is 7.93. The molecule has 1 aromatic heterocycles. The van der Waals surface area contributed by atoms with Crippen molar-refractivity contribution in [2.45, 2.75) is 12.8 Å². The third-order valence-corrected chi connectivity index (χ3v) is 4.12. The minimum absolute atomic E-state index is 0.0665. The van der Waals surface area contributed by atoms with E-state index in [2.05, 4.69) is 20.2 Å². The van der Waals surface area contributed by atoms with Crippen LogP contribution in [0, 0.1) is 5.92 Å². The average Bonchev–Trinajstić information content (AvgIpc) is 2.99. The lowest BCUT2D eigenvalue weighted by Gasteiger charge is -2.32. The summed E-state index contributed by atoms with van der Waals surface area (Å²) >= 11 is 0. The number of aromatic nitrogens is 2. The summed E-state index contributed by atoms with van der Waals surface area (Å²) in [6.07, 6.45) is 5.18. The van der Waals surface area contributed by atoms with E-state index in [4.69, 9.17) is 4.74 Å². The number of hydrogen-bond acceptors (Lipinski definition) is 6. The van der Waals surface area contributed by atoms with Gasteiger partial charge in [-0.05, 0) is 24.8 Å². The Bertz CT molecular complexity index is 553. The smallest absolute Gasteiger partial charge is 0.410 e. The van der Waals surface area contributed by atoms with Crippen LogP contribution in [-0.2, 0) is 9.53 Å². The maximum atomic E-state index is 11.9. The van der Waals surface area contributed by atoms with Gasteiger partial charge in [0.25, 0.3) is 0 Å². The molecular formula is C15H21N5O3. The van der Waals surface area contributed by atoms with Crippen molar-refractivity contribution >= 4 is 17.9 Å². The number of cyclic esters (lactones) is 1. The molecule has 8 heteroatoms. The number of carbonyl (C=O) groups excluding carboxylic acids is 2. The highest BCUT2D eigenvalue weighted by molar-refractivity contribution is 5.82. The van der Waals surface area contributed by atoms with Crippen molar-refractivity contribution in [3.63, 3.8) is 0 Å². The molecule has 23 heavy (non-hydrogen) atoms. The zero-order chi connectivity index (χ0) is 16.1. The van der Waals surface area contributed by atoms with Gasteiger partial charge in [-0.25, -0.2) is 14.8 Å². The Morgan fingerprint density at radius 2 is 2.17 bits per heavy atom. The van der Waals surface area contributed by atoms with Crippen LogP contribution in [0.3, 0.4) is 0 Å². The predicted molar refractivity (Wildman–Crippen MR) is 82.9 cm³/mol. The monoisotopic (exact) mass is 319 g/mol. The maximum Gasteiger partial charge on any atom is 0.410 e. The number of ether oxygens (including phenoxy) is 1. The molecule has 1 N–H and O–H groups in total. The molecule has 0 radical (unpaired) electrons. The molecule has 2 saturated heterocycles. The Morgan fingerprint density at radius 1 is 1.35 bits per heavy atom. The van der Waals surface area contributed by atoms with Crippen LogP contribution in [0.2, 0.25) is 0 Å². The topological polar surface area (TPSA) is 87.7 Å². The van der Waals surface area contributed by atoms with Crippen LogP contribution in [0.1, 0.15) is 12.8 Å². The number of amides is 2. The van der Waals surface area contributed by atoms with E-state index in [-0.39, 0.29) is 12.5 Å². The van der Waals surface area contributed by atoms with Crippen LogP contribution >= 0.6 is 0 Å². The van der Waals surface area contributed by atoms with Crippen molar-refractivity contribution in [1.29, 1.82) is 0 Å². The second-order valence-corrected chi connectivity index (χ2v) is 5.84. The summed E-state index contributed by atoms with van der Waals surface area (Å²) in [6, 6.07) is 1.80. The number of piperidine rings is 1. The highest BCUT2D eigenvalue weighted by Gasteiger charge is 2.25. The van der Waals surface area contributed by atoms with Crippen LogP contribution in [0.5, 0.6) is 0 Å². The van der Waals surface area contributed by atoms with Gasteiger partial charge in [-0.3, -0.25) is 9.69 Å². The third-order valence-electron chi connectivity index (χ3n) is 4.12. The van der Waals surface area contributed by atoms with Gasteiger partial charge in [0.15, 0.2) is 0 Å². The van der Waals surface area contributed by atoms with Crippen molar-refractivity contribution in [3.8, 4) is 0 Å². The summed E-state index contributed by atoms with van der Waals surface area (Å²) in [7, 11) is 0. The fourth-order valence-corrected chi connectivity index (χ4v) is 2.92. The predicted octanol–water partition coefficient (Wildman–Crippen LogP) is 0.261. The molecule has 0 aliphatic carbocycles. The second-order valence-electron chi connectivity index (χ2n) is 5.84. The average molecular weight is 319 g/mol. The van der Waals surface area contributed by atoms with Crippen LogP contribution in [0.4, 0.5) is 10.7 Å². The van der Waals surface area contributed by atoms with Gasteiger partial charge in [-0.1, -0.05) is 0 Å². The Hall–Kier alpha value is -2.38. The van der Waals surface area contributed by atoms with Crippen LogP contribution in [0.15, 0.2) is 18.5 Å². The fraction of sp³-hybridized carbons (Fsp3) is 0.600. The lowest BCUT2D eigenvalue weighted by molar-refractivity contribution is -0.121. The SMILES string of the molecule is O=C(CN1CCOC1=O)NC[C@@H]1CCCN(c2ncccn2)C1. The van der Waals surface area contributed by atoms with Gasteiger partial charge in [0.1, 0.15) is 13.2 Å². The van der Waals surface area contributed by atoms with E-state index in [0.29, 0.717) is 25.6 Å². The number of rotatable bonds is 5. The molecule has 3 rings (SSSR count). The van der Waals surface area contributed by atoms with Gasteiger partial charge >= 0.3 is 6.09 Å². The Morgan fingerprint density at radius 3 is 2.91 bits per heavy atom. The first kappa shape index (κ1) is 15.5. The van der Waals surface area contributed by atoms with E-state index in [0.717, 1.165) is 31.9 Å². The zero-order valence-electron chi connectivity index (χ0n) is 13.0. The Balaban J connectivity index is 1.44. The highest BCUT2D eigenvalue weighted by atomic mass is 16.6. The summed E-state index contributed by atoms with van der Waals surface area (Å²) in [5, 5.41) is 2.92. The summed E-state index contributed by atoms with van der Waals surface area (Å²) in [4.78, 5) is 35.4. The number of carbonyl (C=O) groups is 2. The van der Waals surface area contributed by atoms with Gasteiger partial charge in [-0.2, -0.15) is 0 Å². The molecule has 0 spiro atoms. The largest absolute Gasteiger partial charge is 0.448 e. The first-order valence-electron chi connectivity index (χ1n) is 7.93. The molecule has 0 aromatic carbocycles. The van der Waals surface area contributed by atoms with E-state index < -0.39 is 6.09 Å². The summed E-state index contributed by atoms with van der Waals surface area (Å²) in [5.41, 5.74) is 0. The van der Waals surface area contributed by atoms with Gasteiger partial charge in [0.2, 0.25) is 11.9 Å². The molecule has 2 aliphatic heterocycles. The molecule has 2 aliphatic rings. The number of hydrogen-bond donors (Lipinski definition) is 1. The van der Waals surface area contributed by atoms with Crippen LogP contribution in [-0.4, -0.2) is 66.2 Å². The van der Waals surface area contributed by atoms with Gasteiger partial charge in [-0.15, -0.1) is 0 Å². The van der Waals surface area contributed by atoms with E-state index >= 15 is 0 Å². The van der Waals surface area contributed by atoms with Gasteiger partial charge in [0, 0.05) is 32.0 Å². The molecule has 1 aromatic rings. The molecular weight excluding hydrogens is 298 g/mol. The fourth-order valence-electron chi connectivity index (χ4n) is 2.92. The maximum absolute atomic E-state index is 11.9. The summed E-state index contributed by atoms with van der Waals surface area (Å²) in [6.45, 7) is 3.28. The Labute approximate surface area is 134 Å². The highest BCUT2D eigenvalue weighted by Crippen LogP contribution is 2.19. The molecule has 2 fully saturated rings. The molecule has 2 amide bonds. The number of nitrogens with zero attached hydrogens (tertiary/aromatic N) is 4. The standard InChI is InChI=1S/C15H21N5O3/c21-13(11-20-7-8-23-15(20)22)18-9-12-3-1-6-19(10-12)14-16-4-2-5-17-14/h2,4-5,12H,1,3,6-11H2,(H,18,21)/t12-/m0/s1. The molecule has 1 atom stereocenters. The van der Waals surface area contributed by atoms with Crippen molar-refractivity contribution < 1.29 is 14.3 Å². The van der Waals surface area contributed by atoms with E-state index in [1.54, 1.807) is 18.5 Å².